The first-order chi connectivity index (χ1) is 12.2. The van der Waals surface area contributed by atoms with Gasteiger partial charge in [0.2, 0.25) is 0 Å². The molecule has 0 bridgehead atoms. The molecule has 0 aliphatic rings. The zero-order chi connectivity index (χ0) is 19.6. The van der Waals surface area contributed by atoms with Crippen molar-refractivity contribution in [2.45, 2.75) is 45.8 Å². The predicted molar refractivity (Wildman–Crippen MR) is 94.9 cm³/mol. The lowest BCUT2D eigenvalue weighted by atomic mass is 10.2. The van der Waals surface area contributed by atoms with Crippen LogP contribution in [-0.4, -0.2) is 43.0 Å². The number of esters is 1. The molecule has 2 N–H and O–H groups in total. The number of carbonyl (C=O) groups is 3. The van der Waals surface area contributed by atoms with Crippen LogP contribution in [0.4, 0.5) is 9.59 Å². The van der Waals surface area contributed by atoms with E-state index >= 15 is 0 Å². The normalized spacial score (nSPS) is 11.8. The summed E-state index contributed by atoms with van der Waals surface area (Å²) in [7, 11) is 0. The Kier molecular flexibility index (Phi) is 8.41. The van der Waals surface area contributed by atoms with Crippen LogP contribution in [0.15, 0.2) is 30.3 Å². The monoisotopic (exact) mass is 366 g/mol. The first kappa shape index (κ1) is 21.3. The Morgan fingerprint density at radius 1 is 1.04 bits per heavy atom. The van der Waals surface area contributed by atoms with E-state index in [0.717, 1.165) is 0 Å². The van der Waals surface area contributed by atoms with Crippen LogP contribution in [0, 0.1) is 0 Å². The van der Waals surface area contributed by atoms with E-state index in [4.69, 9.17) is 14.2 Å². The number of alkyl carbamates (subject to hydrolysis) is 1. The third-order valence-corrected chi connectivity index (χ3v) is 2.96. The lowest BCUT2D eigenvalue weighted by Crippen LogP contribution is -2.40. The van der Waals surface area contributed by atoms with E-state index < -0.39 is 29.9 Å². The molecule has 0 spiro atoms. The highest BCUT2D eigenvalue weighted by molar-refractivity contribution is 5.79. The van der Waals surface area contributed by atoms with Crippen molar-refractivity contribution in [2.75, 3.05) is 13.1 Å². The molecule has 1 unspecified atom stereocenters. The van der Waals surface area contributed by atoms with Gasteiger partial charge in [0.1, 0.15) is 24.0 Å². The van der Waals surface area contributed by atoms with Crippen LogP contribution in [0.25, 0.3) is 0 Å². The average Bonchev–Trinajstić information content (AvgIpc) is 2.56. The summed E-state index contributed by atoms with van der Waals surface area (Å²) in [5.74, 6) is -0.265. The number of hydrogen-bond acceptors (Lipinski definition) is 6. The Bertz CT molecular complexity index is 597. The van der Waals surface area contributed by atoms with Gasteiger partial charge in [-0.15, -0.1) is 0 Å². The maximum Gasteiger partial charge on any atom is 0.413 e. The Morgan fingerprint density at radius 2 is 1.69 bits per heavy atom. The molecule has 0 saturated heterocycles. The van der Waals surface area contributed by atoms with Crippen LogP contribution < -0.4 is 15.4 Å². The van der Waals surface area contributed by atoms with Crippen LogP contribution in [0.3, 0.4) is 0 Å². The second-order valence-corrected chi connectivity index (χ2v) is 6.46. The fourth-order valence-corrected chi connectivity index (χ4v) is 1.78. The Hall–Kier alpha value is -2.77. The van der Waals surface area contributed by atoms with E-state index in [1.807, 2.05) is 6.92 Å². The second-order valence-electron chi connectivity index (χ2n) is 6.46. The van der Waals surface area contributed by atoms with Gasteiger partial charge in [-0.3, -0.25) is 4.79 Å². The van der Waals surface area contributed by atoms with Crippen molar-refractivity contribution in [2.24, 2.45) is 0 Å². The first-order valence-corrected chi connectivity index (χ1v) is 8.36. The first-order valence-electron chi connectivity index (χ1n) is 8.36. The summed E-state index contributed by atoms with van der Waals surface area (Å²) < 4.78 is 15.3. The van der Waals surface area contributed by atoms with Gasteiger partial charge in [0.15, 0.2) is 0 Å². The van der Waals surface area contributed by atoms with E-state index in [2.05, 4.69) is 10.6 Å². The molecule has 1 aromatic carbocycles. The minimum absolute atomic E-state index is 0.117. The summed E-state index contributed by atoms with van der Waals surface area (Å²) in [5, 5.41) is 4.85. The van der Waals surface area contributed by atoms with Crippen LogP contribution in [-0.2, 0) is 14.3 Å². The minimum Gasteiger partial charge on any atom is -0.459 e. The molecule has 1 aromatic rings. The lowest BCUT2D eigenvalue weighted by Gasteiger charge is -2.21. The molecule has 8 nitrogen and oxygen atoms in total. The van der Waals surface area contributed by atoms with Gasteiger partial charge >= 0.3 is 18.2 Å². The maximum absolute atomic E-state index is 11.8. The van der Waals surface area contributed by atoms with Gasteiger partial charge in [-0.25, -0.2) is 9.59 Å². The van der Waals surface area contributed by atoms with E-state index in [1.165, 1.54) is 0 Å². The van der Waals surface area contributed by atoms with E-state index in [9.17, 15) is 14.4 Å². The zero-order valence-electron chi connectivity index (χ0n) is 15.5. The highest BCUT2D eigenvalue weighted by Gasteiger charge is 2.19. The molecule has 0 aromatic heterocycles. The maximum atomic E-state index is 11.8. The zero-order valence-corrected chi connectivity index (χ0v) is 15.5. The SMILES string of the molecule is CCC(CNC(=O)OC(C)(C)C)OC(=O)CNC(=O)Oc1ccccc1. The van der Waals surface area contributed by atoms with Crippen LogP contribution >= 0.6 is 0 Å². The molecule has 0 radical (unpaired) electrons. The highest BCUT2D eigenvalue weighted by Crippen LogP contribution is 2.08. The van der Waals surface area contributed by atoms with Crippen LogP contribution in [0.1, 0.15) is 34.1 Å². The molecule has 144 valence electrons. The summed E-state index contributed by atoms with van der Waals surface area (Å²) in [6, 6.07) is 8.47. The largest absolute Gasteiger partial charge is 0.459 e. The van der Waals surface area contributed by atoms with Crippen molar-refractivity contribution < 1.29 is 28.6 Å². The second kappa shape index (κ2) is 10.3. The number of benzene rings is 1. The van der Waals surface area contributed by atoms with Crippen molar-refractivity contribution in [1.82, 2.24) is 10.6 Å². The smallest absolute Gasteiger partial charge is 0.413 e. The average molecular weight is 366 g/mol. The molecule has 1 rings (SSSR count). The van der Waals surface area contributed by atoms with Crippen LogP contribution in [0.5, 0.6) is 5.75 Å². The van der Waals surface area contributed by atoms with Gasteiger partial charge in [-0.2, -0.15) is 0 Å². The third kappa shape index (κ3) is 9.51. The van der Waals surface area contributed by atoms with Gasteiger partial charge in [0.05, 0.1) is 6.54 Å². The summed E-state index contributed by atoms with van der Waals surface area (Å²) >= 11 is 0. The Labute approximate surface area is 153 Å². The van der Waals surface area contributed by atoms with Crippen molar-refractivity contribution in [3.05, 3.63) is 30.3 Å². The quantitative estimate of drug-likeness (QED) is 0.719. The van der Waals surface area contributed by atoms with Gasteiger partial charge in [-0.1, -0.05) is 25.1 Å². The van der Waals surface area contributed by atoms with Gasteiger partial charge < -0.3 is 24.8 Å². The molecule has 2 amide bonds. The summed E-state index contributed by atoms with van der Waals surface area (Å²) in [6.45, 7) is 6.85. The molecule has 1 atom stereocenters. The fraction of sp³-hybridized carbons (Fsp3) is 0.500. The molecule has 0 fully saturated rings. The Morgan fingerprint density at radius 3 is 2.27 bits per heavy atom. The molecular weight excluding hydrogens is 340 g/mol. The molecule has 26 heavy (non-hydrogen) atoms. The fourth-order valence-electron chi connectivity index (χ4n) is 1.78. The summed E-state index contributed by atoms with van der Waals surface area (Å²) in [4.78, 5) is 35.0. The number of hydrogen-bond donors (Lipinski definition) is 2. The number of ether oxygens (including phenoxy) is 3. The topological polar surface area (TPSA) is 103 Å². The number of para-hydroxylation sites is 1. The lowest BCUT2D eigenvalue weighted by molar-refractivity contribution is -0.147. The molecule has 0 heterocycles. The van der Waals surface area contributed by atoms with E-state index in [0.29, 0.717) is 12.2 Å². The van der Waals surface area contributed by atoms with Gasteiger partial charge in [0, 0.05) is 0 Å². The van der Waals surface area contributed by atoms with E-state index in [1.54, 1.807) is 51.1 Å². The Balaban J connectivity index is 2.31. The van der Waals surface area contributed by atoms with Gasteiger partial charge in [-0.05, 0) is 39.3 Å². The number of rotatable bonds is 7. The predicted octanol–water partition coefficient (Wildman–Crippen LogP) is 2.62. The summed E-state index contributed by atoms with van der Waals surface area (Å²) in [6.07, 6.45) is -1.37. The molecule has 0 saturated carbocycles. The number of carbonyl (C=O) groups excluding carboxylic acids is 3. The highest BCUT2D eigenvalue weighted by atomic mass is 16.6. The standard InChI is InChI=1S/C18H26N2O6/c1-5-13(11-19-17(23)26-18(2,3)4)24-15(21)12-20-16(22)25-14-9-7-6-8-10-14/h6-10,13H,5,11-12H2,1-4H3,(H,19,23)(H,20,22). The molecule has 8 heteroatoms. The molecule has 0 aliphatic heterocycles. The summed E-state index contributed by atoms with van der Waals surface area (Å²) in [5.41, 5.74) is -0.606. The van der Waals surface area contributed by atoms with Crippen molar-refractivity contribution in [1.29, 1.82) is 0 Å². The van der Waals surface area contributed by atoms with Gasteiger partial charge in [0.25, 0.3) is 0 Å². The molecular formula is C18H26N2O6. The van der Waals surface area contributed by atoms with Crippen molar-refractivity contribution >= 4 is 18.2 Å². The number of nitrogens with one attached hydrogen (secondary N) is 2. The molecule has 0 aliphatic carbocycles. The van der Waals surface area contributed by atoms with Crippen molar-refractivity contribution in [3.8, 4) is 5.75 Å². The number of amides is 2. The van der Waals surface area contributed by atoms with Crippen LogP contribution in [0.2, 0.25) is 0 Å². The van der Waals surface area contributed by atoms with E-state index in [-0.39, 0.29) is 13.1 Å². The third-order valence-electron chi connectivity index (χ3n) is 2.96. The van der Waals surface area contributed by atoms with Crippen molar-refractivity contribution in [3.63, 3.8) is 0 Å². The minimum atomic E-state index is -0.756.